The second-order valence-electron chi connectivity index (χ2n) is 3.39. The third-order valence-electron chi connectivity index (χ3n) is 2.06. The van der Waals surface area contributed by atoms with Gasteiger partial charge >= 0.3 is 0 Å². The molecule has 16 heavy (non-hydrogen) atoms. The van der Waals surface area contributed by atoms with Gasteiger partial charge < -0.3 is 11.1 Å². The summed E-state index contributed by atoms with van der Waals surface area (Å²) >= 11 is 5.03. The van der Waals surface area contributed by atoms with Crippen LogP contribution >= 0.6 is 27.7 Å². The molecule has 3 nitrogen and oxygen atoms in total. The van der Waals surface area contributed by atoms with E-state index in [9.17, 15) is 4.79 Å². The molecule has 0 aliphatic rings. The average Bonchev–Trinajstić information content (AvgIpc) is 2.25. The molecule has 0 aliphatic heterocycles. The largest absolute Gasteiger partial charge is 0.325 e. The van der Waals surface area contributed by atoms with E-state index in [1.807, 2.05) is 30.5 Å². The first-order valence-corrected chi connectivity index (χ1v) is 7.13. The smallest absolute Gasteiger partial charge is 0.241 e. The summed E-state index contributed by atoms with van der Waals surface area (Å²) in [5, 5.41) is 2.79. The summed E-state index contributed by atoms with van der Waals surface area (Å²) in [6.45, 7) is 0. The highest BCUT2D eigenvalue weighted by atomic mass is 79.9. The lowest BCUT2D eigenvalue weighted by atomic mass is 10.2. The Labute approximate surface area is 108 Å². The quantitative estimate of drug-likeness (QED) is 0.878. The van der Waals surface area contributed by atoms with Crippen LogP contribution in [0.15, 0.2) is 28.7 Å². The van der Waals surface area contributed by atoms with Crippen molar-refractivity contribution in [2.24, 2.45) is 5.73 Å². The molecule has 0 saturated heterocycles. The predicted octanol–water partition coefficient (Wildman–Crippen LogP) is 2.47. The summed E-state index contributed by atoms with van der Waals surface area (Å²) in [6, 6.07) is 7.02. The van der Waals surface area contributed by atoms with E-state index in [1.165, 1.54) is 0 Å². The van der Waals surface area contributed by atoms with Crippen molar-refractivity contribution < 1.29 is 4.79 Å². The molecule has 0 spiro atoms. The van der Waals surface area contributed by atoms with Gasteiger partial charge in [-0.1, -0.05) is 22.0 Å². The summed E-state index contributed by atoms with van der Waals surface area (Å²) in [4.78, 5) is 11.7. The first-order chi connectivity index (χ1) is 7.63. The Morgan fingerprint density at radius 1 is 1.62 bits per heavy atom. The number of hydrogen-bond acceptors (Lipinski definition) is 3. The fourth-order valence-corrected chi connectivity index (χ4v) is 2.07. The van der Waals surface area contributed by atoms with Crippen molar-refractivity contribution in [3.63, 3.8) is 0 Å². The van der Waals surface area contributed by atoms with Crippen LogP contribution in [0.1, 0.15) is 6.42 Å². The second kappa shape index (κ2) is 6.93. The van der Waals surface area contributed by atoms with Crippen molar-refractivity contribution in [1.29, 1.82) is 0 Å². The van der Waals surface area contributed by atoms with Gasteiger partial charge in [-0.05, 0) is 36.6 Å². The maximum atomic E-state index is 11.7. The summed E-state index contributed by atoms with van der Waals surface area (Å²) < 4.78 is 0.933. The number of halogens is 1. The number of nitrogens with one attached hydrogen (secondary N) is 1. The lowest BCUT2D eigenvalue weighted by molar-refractivity contribution is -0.117. The van der Waals surface area contributed by atoms with E-state index in [-0.39, 0.29) is 5.91 Å². The van der Waals surface area contributed by atoms with Gasteiger partial charge in [0, 0.05) is 10.2 Å². The monoisotopic (exact) mass is 302 g/mol. The van der Waals surface area contributed by atoms with E-state index >= 15 is 0 Å². The van der Waals surface area contributed by atoms with Crippen LogP contribution in [0.25, 0.3) is 0 Å². The molecule has 1 atom stereocenters. The number of anilines is 1. The Morgan fingerprint density at radius 2 is 2.38 bits per heavy atom. The van der Waals surface area contributed by atoms with E-state index in [0.717, 1.165) is 15.9 Å². The van der Waals surface area contributed by atoms with E-state index in [0.29, 0.717) is 6.42 Å². The first-order valence-electron chi connectivity index (χ1n) is 4.94. The summed E-state index contributed by atoms with van der Waals surface area (Å²) in [5.41, 5.74) is 6.52. The van der Waals surface area contributed by atoms with E-state index < -0.39 is 6.04 Å². The van der Waals surface area contributed by atoms with Gasteiger partial charge in [-0.3, -0.25) is 4.79 Å². The van der Waals surface area contributed by atoms with Gasteiger partial charge in [0.2, 0.25) is 5.91 Å². The maximum absolute atomic E-state index is 11.7. The normalized spacial score (nSPS) is 12.2. The minimum atomic E-state index is -0.438. The Hall–Kier alpha value is -0.520. The van der Waals surface area contributed by atoms with Gasteiger partial charge in [0.15, 0.2) is 0 Å². The molecule has 0 fully saturated rings. The van der Waals surface area contributed by atoms with E-state index in [1.54, 1.807) is 11.8 Å². The van der Waals surface area contributed by atoms with Crippen molar-refractivity contribution in [2.75, 3.05) is 17.3 Å². The minimum Gasteiger partial charge on any atom is -0.325 e. The van der Waals surface area contributed by atoms with E-state index in [4.69, 9.17) is 5.73 Å². The number of hydrogen-bond donors (Lipinski definition) is 2. The highest BCUT2D eigenvalue weighted by Crippen LogP contribution is 2.15. The lowest BCUT2D eigenvalue weighted by Gasteiger charge is -2.11. The zero-order chi connectivity index (χ0) is 12.0. The third-order valence-corrected chi connectivity index (χ3v) is 3.20. The van der Waals surface area contributed by atoms with Crippen LogP contribution in [0.4, 0.5) is 5.69 Å². The van der Waals surface area contributed by atoms with Crippen LogP contribution in [0.2, 0.25) is 0 Å². The number of thioether (sulfide) groups is 1. The molecular formula is C11H15BrN2OS. The third kappa shape index (κ3) is 4.55. The number of nitrogens with two attached hydrogens (primary N) is 1. The summed E-state index contributed by atoms with van der Waals surface area (Å²) in [6.07, 6.45) is 2.69. The molecule has 1 rings (SSSR count). The number of rotatable bonds is 5. The molecule has 0 heterocycles. The molecule has 1 amide bonds. The van der Waals surface area contributed by atoms with Crippen molar-refractivity contribution in [3.8, 4) is 0 Å². The number of carbonyl (C=O) groups is 1. The van der Waals surface area contributed by atoms with Crippen molar-refractivity contribution in [3.05, 3.63) is 28.7 Å². The molecule has 5 heteroatoms. The molecule has 0 aliphatic carbocycles. The first kappa shape index (κ1) is 13.5. The average molecular weight is 303 g/mol. The van der Waals surface area contributed by atoms with Crippen molar-refractivity contribution in [2.45, 2.75) is 12.5 Å². The van der Waals surface area contributed by atoms with Crippen LogP contribution < -0.4 is 11.1 Å². The molecule has 3 N–H and O–H groups in total. The molecule has 1 aromatic rings. The zero-order valence-corrected chi connectivity index (χ0v) is 11.5. The zero-order valence-electron chi connectivity index (χ0n) is 9.07. The topological polar surface area (TPSA) is 55.1 Å². The second-order valence-corrected chi connectivity index (χ2v) is 5.29. The minimum absolute atomic E-state index is 0.132. The highest BCUT2D eigenvalue weighted by Gasteiger charge is 2.12. The Balaban J connectivity index is 2.50. The van der Waals surface area contributed by atoms with Gasteiger partial charge in [-0.15, -0.1) is 0 Å². The van der Waals surface area contributed by atoms with Gasteiger partial charge in [-0.2, -0.15) is 11.8 Å². The Bertz CT molecular complexity index is 360. The number of amides is 1. The number of carbonyl (C=O) groups excluding carboxylic acids is 1. The van der Waals surface area contributed by atoms with Crippen LogP contribution in [0.5, 0.6) is 0 Å². The van der Waals surface area contributed by atoms with Gasteiger partial charge in [0.05, 0.1) is 6.04 Å². The van der Waals surface area contributed by atoms with Crippen LogP contribution in [0.3, 0.4) is 0 Å². The van der Waals surface area contributed by atoms with Crippen molar-refractivity contribution >= 4 is 39.3 Å². The molecule has 0 radical (unpaired) electrons. The molecule has 0 aromatic heterocycles. The number of benzene rings is 1. The molecule has 0 unspecified atom stereocenters. The highest BCUT2D eigenvalue weighted by molar-refractivity contribution is 9.10. The molecule has 0 bridgehead atoms. The molecule has 1 aromatic carbocycles. The SMILES string of the molecule is CSCC[C@H](N)C(=O)Nc1cccc(Br)c1. The molecule has 0 saturated carbocycles. The van der Waals surface area contributed by atoms with Crippen LogP contribution in [0, 0.1) is 0 Å². The van der Waals surface area contributed by atoms with Gasteiger partial charge in [0.25, 0.3) is 0 Å². The fraction of sp³-hybridized carbons (Fsp3) is 0.364. The van der Waals surface area contributed by atoms with Crippen LogP contribution in [-0.4, -0.2) is 24.0 Å². The predicted molar refractivity (Wildman–Crippen MR) is 73.7 cm³/mol. The fourth-order valence-electron chi connectivity index (χ4n) is 1.18. The van der Waals surface area contributed by atoms with Gasteiger partial charge in [-0.25, -0.2) is 0 Å². The lowest BCUT2D eigenvalue weighted by Crippen LogP contribution is -2.36. The summed E-state index contributed by atoms with van der Waals surface area (Å²) in [5.74, 6) is 0.764. The van der Waals surface area contributed by atoms with Gasteiger partial charge in [0.1, 0.15) is 0 Å². The van der Waals surface area contributed by atoms with Crippen LogP contribution in [-0.2, 0) is 4.79 Å². The maximum Gasteiger partial charge on any atom is 0.241 e. The van der Waals surface area contributed by atoms with Crippen molar-refractivity contribution in [1.82, 2.24) is 0 Å². The van der Waals surface area contributed by atoms with E-state index in [2.05, 4.69) is 21.2 Å². The molecule has 88 valence electrons. The standard InChI is InChI=1S/C11H15BrN2OS/c1-16-6-5-10(13)11(15)14-9-4-2-3-8(12)7-9/h2-4,7,10H,5-6,13H2,1H3,(H,14,15)/t10-/m0/s1. The Kier molecular flexibility index (Phi) is 5.87. The summed E-state index contributed by atoms with van der Waals surface area (Å²) in [7, 11) is 0. The molecular weight excluding hydrogens is 288 g/mol. The Morgan fingerprint density at radius 3 is 3.00 bits per heavy atom.